The van der Waals surface area contributed by atoms with Crippen molar-refractivity contribution in [2.45, 2.75) is 12.5 Å². The second-order valence-electron chi connectivity index (χ2n) is 6.83. The highest BCUT2D eigenvalue weighted by Gasteiger charge is 2.42. The van der Waals surface area contributed by atoms with Gasteiger partial charge in [0.15, 0.2) is 0 Å². The number of hydrogen-bond donors (Lipinski definition) is 1. The fourth-order valence-corrected chi connectivity index (χ4v) is 3.15. The van der Waals surface area contributed by atoms with E-state index in [0.717, 1.165) is 10.5 Å². The van der Waals surface area contributed by atoms with E-state index in [1.165, 1.54) is 0 Å². The first-order chi connectivity index (χ1) is 13.0. The molecule has 140 valence electrons. The van der Waals surface area contributed by atoms with Crippen molar-refractivity contribution in [2.24, 2.45) is 0 Å². The van der Waals surface area contributed by atoms with Crippen LogP contribution in [0.1, 0.15) is 26.3 Å². The van der Waals surface area contributed by atoms with Gasteiger partial charge >= 0.3 is 0 Å². The van der Waals surface area contributed by atoms with Gasteiger partial charge in [-0.1, -0.05) is 42.5 Å². The van der Waals surface area contributed by atoms with E-state index in [4.69, 9.17) is 0 Å². The number of amides is 3. The Kier molecular flexibility index (Phi) is 5.66. The summed E-state index contributed by atoms with van der Waals surface area (Å²) >= 11 is 0. The van der Waals surface area contributed by atoms with Gasteiger partial charge in [-0.2, -0.15) is 0 Å². The van der Waals surface area contributed by atoms with Gasteiger partial charge in [-0.05, 0) is 31.8 Å². The monoisotopic (exact) mass is 365 g/mol. The first-order valence-corrected chi connectivity index (χ1v) is 8.92. The number of imide groups is 1. The summed E-state index contributed by atoms with van der Waals surface area (Å²) in [7, 11) is 3.83. The van der Waals surface area contributed by atoms with Crippen LogP contribution >= 0.6 is 0 Å². The predicted molar refractivity (Wildman–Crippen MR) is 102 cm³/mol. The van der Waals surface area contributed by atoms with Crippen molar-refractivity contribution < 1.29 is 14.4 Å². The maximum atomic E-state index is 12.9. The largest absolute Gasteiger partial charge is 0.353 e. The fraction of sp³-hybridized carbons (Fsp3) is 0.286. The van der Waals surface area contributed by atoms with Crippen molar-refractivity contribution in [1.82, 2.24) is 15.1 Å². The molecule has 0 saturated carbocycles. The smallest absolute Gasteiger partial charge is 0.262 e. The van der Waals surface area contributed by atoms with Crippen LogP contribution in [0.15, 0.2) is 54.6 Å². The molecule has 0 aliphatic carbocycles. The van der Waals surface area contributed by atoms with Gasteiger partial charge in [0.25, 0.3) is 11.8 Å². The lowest BCUT2D eigenvalue weighted by Crippen LogP contribution is -2.51. The molecule has 1 heterocycles. The molecule has 0 unspecified atom stereocenters. The van der Waals surface area contributed by atoms with E-state index in [-0.39, 0.29) is 12.3 Å². The van der Waals surface area contributed by atoms with E-state index < -0.39 is 17.9 Å². The summed E-state index contributed by atoms with van der Waals surface area (Å²) in [5.74, 6) is -1.16. The lowest BCUT2D eigenvalue weighted by Gasteiger charge is -2.26. The summed E-state index contributed by atoms with van der Waals surface area (Å²) in [6.45, 7) is 1.12. The lowest BCUT2D eigenvalue weighted by molar-refractivity contribution is -0.125. The van der Waals surface area contributed by atoms with Gasteiger partial charge in [0, 0.05) is 19.5 Å². The molecule has 3 rings (SSSR count). The zero-order chi connectivity index (χ0) is 19.4. The number of carbonyl (C=O) groups excluding carboxylic acids is 3. The zero-order valence-electron chi connectivity index (χ0n) is 15.5. The lowest BCUT2D eigenvalue weighted by atomic mass is 10.0. The molecule has 2 aromatic carbocycles. The topological polar surface area (TPSA) is 69.7 Å². The predicted octanol–water partition coefficient (Wildman–Crippen LogP) is 1.57. The second-order valence-corrected chi connectivity index (χ2v) is 6.83. The van der Waals surface area contributed by atoms with E-state index >= 15 is 0 Å². The van der Waals surface area contributed by atoms with E-state index in [0.29, 0.717) is 24.2 Å². The molecule has 0 aromatic heterocycles. The molecule has 6 heteroatoms. The van der Waals surface area contributed by atoms with Gasteiger partial charge in [-0.15, -0.1) is 0 Å². The van der Waals surface area contributed by atoms with Crippen molar-refractivity contribution in [1.29, 1.82) is 0 Å². The number of likely N-dealkylation sites (N-methyl/N-ethyl adjacent to an activating group) is 1. The van der Waals surface area contributed by atoms with E-state index in [2.05, 4.69) is 5.32 Å². The molecule has 2 aromatic rings. The van der Waals surface area contributed by atoms with Crippen molar-refractivity contribution in [3.8, 4) is 0 Å². The molecule has 27 heavy (non-hydrogen) atoms. The number of carbonyl (C=O) groups is 3. The summed E-state index contributed by atoms with van der Waals surface area (Å²) in [6.07, 6.45) is 0.278. The second kappa shape index (κ2) is 8.14. The Balaban J connectivity index is 1.87. The third-order valence-electron chi connectivity index (χ3n) is 4.57. The average molecular weight is 365 g/mol. The van der Waals surface area contributed by atoms with Gasteiger partial charge in [0.2, 0.25) is 5.91 Å². The SMILES string of the molecule is CN(C)CCNC(=O)[C@@H](Cc1ccccc1)N1C(=O)c2ccccc2C1=O. The fourth-order valence-electron chi connectivity index (χ4n) is 3.15. The Hall–Kier alpha value is -2.99. The van der Waals surface area contributed by atoms with Crippen molar-refractivity contribution in [2.75, 3.05) is 27.2 Å². The average Bonchev–Trinajstić information content (AvgIpc) is 2.91. The maximum absolute atomic E-state index is 12.9. The molecule has 6 nitrogen and oxygen atoms in total. The summed E-state index contributed by atoms with van der Waals surface area (Å²) in [6, 6.07) is 15.2. The minimum atomic E-state index is -0.887. The highest BCUT2D eigenvalue weighted by atomic mass is 16.2. The molecule has 0 fully saturated rings. The summed E-state index contributed by atoms with van der Waals surface area (Å²) in [4.78, 5) is 41.6. The minimum absolute atomic E-state index is 0.278. The quantitative estimate of drug-likeness (QED) is 0.757. The molecular weight excluding hydrogens is 342 g/mol. The van der Waals surface area contributed by atoms with E-state index in [9.17, 15) is 14.4 Å². The molecule has 1 aliphatic heterocycles. The molecule has 0 saturated heterocycles. The first-order valence-electron chi connectivity index (χ1n) is 8.92. The number of benzene rings is 2. The van der Waals surface area contributed by atoms with Crippen molar-refractivity contribution in [3.05, 3.63) is 71.3 Å². The Morgan fingerprint density at radius 1 is 0.963 bits per heavy atom. The maximum Gasteiger partial charge on any atom is 0.262 e. The van der Waals surface area contributed by atoms with Crippen LogP contribution in [0, 0.1) is 0 Å². The molecule has 0 radical (unpaired) electrons. The van der Waals surface area contributed by atoms with Crippen LogP contribution in [-0.4, -0.2) is 60.7 Å². The van der Waals surface area contributed by atoms with E-state index in [1.807, 2.05) is 49.3 Å². The summed E-state index contributed by atoms with van der Waals surface area (Å²) in [5, 5.41) is 2.85. The number of fused-ring (bicyclic) bond motifs is 1. The molecular formula is C21H23N3O3. The Labute approximate surface area is 158 Å². The van der Waals surface area contributed by atoms with Crippen LogP contribution in [0.3, 0.4) is 0 Å². The van der Waals surface area contributed by atoms with Gasteiger partial charge in [0.1, 0.15) is 6.04 Å². The van der Waals surface area contributed by atoms with Crippen molar-refractivity contribution in [3.63, 3.8) is 0 Å². The van der Waals surface area contributed by atoms with Crippen LogP contribution in [0.25, 0.3) is 0 Å². The van der Waals surface area contributed by atoms with Gasteiger partial charge in [-0.3, -0.25) is 19.3 Å². The highest BCUT2D eigenvalue weighted by molar-refractivity contribution is 6.22. The van der Waals surface area contributed by atoms with Crippen LogP contribution in [0.2, 0.25) is 0 Å². The minimum Gasteiger partial charge on any atom is -0.353 e. The molecule has 1 aliphatic rings. The first kappa shape index (κ1) is 18.8. The molecule has 3 amide bonds. The normalized spacial score (nSPS) is 14.4. The van der Waals surface area contributed by atoms with Gasteiger partial charge in [0.05, 0.1) is 11.1 Å². The van der Waals surface area contributed by atoms with Crippen LogP contribution in [-0.2, 0) is 11.2 Å². The van der Waals surface area contributed by atoms with Crippen molar-refractivity contribution >= 4 is 17.7 Å². The van der Waals surface area contributed by atoms with Crippen LogP contribution in [0.5, 0.6) is 0 Å². The van der Waals surface area contributed by atoms with Gasteiger partial charge < -0.3 is 10.2 Å². The molecule has 1 atom stereocenters. The molecule has 1 N–H and O–H groups in total. The third-order valence-corrected chi connectivity index (χ3v) is 4.57. The number of hydrogen-bond acceptors (Lipinski definition) is 4. The Morgan fingerprint density at radius 3 is 2.07 bits per heavy atom. The third kappa shape index (κ3) is 4.06. The summed E-state index contributed by atoms with van der Waals surface area (Å²) in [5.41, 5.74) is 1.59. The zero-order valence-corrected chi connectivity index (χ0v) is 15.5. The number of rotatable bonds is 7. The Bertz CT molecular complexity index is 814. The van der Waals surface area contributed by atoms with E-state index in [1.54, 1.807) is 24.3 Å². The Morgan fingerprint density at radius 2 is 1.52 bits per heavy atom. The van der Waals surface area contributed by atoms with Crippen LogP contribution in [0.4, 0.5) is 0 Å². The summed E-state index contributed by atoms with van der Waals surface area (Å²) < 4.78 is 0. The number of nitrogens with one attached hydrogen (secondary N) is 1. The molecule has 0 spiro atoms. The van der Waals surface area contributed by atoms with Gasteiger partial charge in [-0.25, -0.2) is 0 Å². The standard InChI is InChI=1S/C21H23N3O3/c1-23(2)13-12-22-19(25)18(14-15-8-4-3-5-9-15)24-20(26)16-10-6-7-11-17(16)21(24)27/h3-11,18H,12-14H2,1-2H3,(H,22,25)/t18-/m1/s1. The highest BCUT2D eigenvalue weighted by Crippen LogP contribution is 2.26. The molecule has 0 bridgehead atoms. The number of nitrogens with zero attached hydrogens (tertiary/aromatic N) is 2. The van der Waals surface area contributed by atoms with Crippen LogP contribution < -0.4 is 5.32 Å².